The van der Waals surface area contributed by atoms with Crippen LogP contribution in [0.25, 0.3) is 0 Å². The van der Waals surface area contributed by atoms with Gasteiger partial charge < -0.3 is 10.2 Å². The molecule has 4 aromatic rings. The molecule has 4 aromatic carbocycles. The summed E-state index contributed by atoms with van der Waals surface area (Å²) in [6.07, 6.45) is 3.36. The molecule has 0 saturated heterocycles. The van der Waals surface area contributed by atoms with Crippen LogP contribution in [0.1, 0.15) is 45.5 Å². The monoisotopic (exact) mass is 679 g/mol. The van der Waals surface area contributed by atoms with Crippen LogP contribution < -0.4 is 0 Å². The van der Waals surface area contributed by atoms with Gasteiger partial charge in [-0.3, -0.25) is 9.98 Å². The number of aliphatic imine (C=N–C) groups is 2. The van der Waals surface area contributed by atoms with Crippen LogP contribution in [0.3, 0.4) is 0 Å². The van der Waals surface area contributed by atoms with E-state index in [9.17, 15) is 10.2 Å². The van der Waals surface area contributed by atoms with Crippen molar-refractivity contribution in [2.75, 3.05) is 0 Å². The maximum Gasteiger partial charge on any atom is 0.100 e. The largest absolute Gasteiger partial charge is 0.533 e. The molecule has 0 spiro atoms. The Morgan fingerprint density at radius 3 is 1.35 bits per heavy atom. The van der Waals surface area contributed by atoms with E-state index in [1.807, 2.05) is 86.6 Å². The molecule has 0 amide bonds. The maximum atomic E-state index is 10.3. The third-order valence-electron chi connectivity index (χ3n) is 5.52. The SMILES string of the molecule is Cc1c[c-]c(O)c(C=NC(c2ccccc2)C(N=Cc2cc(C)c[c-]c2O)c2ccccc2)c1.[Mn].[Y].[Y]. The second-order valence-electron chi connectivity index (χ2n) is 8.23. The summed E-state index contributed by atoms with van der Waals surface area (Å²) >= 11 is 0. The quantitative estimate of drug-likeness (QED) is 0.136. The number of aryl methyl sites for hydroxylation is 2. The summed E-state index contributed by atoms with van der Waals surface area (Å²) in [5, 5.41) is 20.5. The van der Waals surface area contributed by atoms with Crippen LogP contribution >= 0.6 is 0 Å². The summed E-state index contributed by atoms with van der Waals surface area (Å²) in [7, 11) is 0. The molecule has 0 saturated carbocycles. The molecule has 4 nitrogen and oxygen atoms in total. The van der Waals surface area contributed by atoms with Crippen LogP contribution in [-0.2, 0) is 82.5 Å². The fourth-order valence-corrected chi connectivity index (χ4v) is 3.76. The summed E-state index contributed by atoms with van der Waals surface area (Å²) in [6, 6.07) is 32.1. The molecule has 3 radical (unpaired) electrons. The van der Waals surface area contributed by atoms with Gasteiger partial charge in [0.15, 0.2) is 0 Å². The average Bonchev–Trinajstić information content (AvgIpc) is 2.86. The van der Waals surface area contributed by atoms with Crippen molar-refractivity contribution in [1.82, 2.24) is 0 Å². The Kier molecular flexibility index (Phi) is 15.0. The second kappa shape index (κ2) is 16.5. The Morgan fingerprint density at radius 2 is 1.00 bits per heavy atom. The van der Waals surface area contributed by atoms with Crippen LogP contribution in [0, 0.1) is 26.0 Å². The van der Waals surface area contributed by atoms with Gasteiger partial charge in [-0.2, -0.15) is 35.4 Å². The van der Waals surface area contributed by atoms with Gasteiger partial charge in [0.05, 0.1) is 0 Å². The minimum atomic E-state index is -0.365. The minimum absolute atomic E-state index is 0. The Bertz CT molecular complexity index is 1210. The number of hydrogen-bond acceptors (Lipinski definition) is 4. The fraction of sp³-hybridized carbons (Fsp3) is 0.133. The van der Waals surface area contributed by atoms with Crippen molar-refractivity contribution in [3.8, 4) is 11.5 Å². The first-order valence-electron chi connectivity index (χ1n) is 11.1. The van der Waals surface area contributed by atoms with E-state index in [1.54, 1.807) is 24.6 Å². The van der Waals surface area contributed by atoms with Gasteiger partial charge in [-0.15, -0.1) is 12.1 Å². The van der Waals surface area contributed by atoms with E-state index >= 15 is 0 Å². The minimum Gasteiger partial charge on any atom is -0.533 e. The molecule has 37 heavy (non-hydrogen) atoms. The topological polar surface area (TPSA) is 65.2 Å². The van der Waals surface area contributed by atoms with Crippen molar-refractivity contribution in [2.24, 2.45) is 9.98 Å². The van der Waals surface area contributed by atoms with E-state index in [2.05, 4.69) is 12.1 Å². The molecular weight excluding hydrogens is 653 g/mol. The van der Waals surface area contributed by atoms with Crippen LogP contribution in [0.5, 0.6) is 11.5 Å². The Labute approximate surface area is 280 Å². The molecule has 0 fully saturated rings. The molecule has 2 N–H and O–H groups in total. The van der Waals surface area contributed by atoms with E-state index in [0.717, 1.165) is 22.3 Å². The van der Waals surface area contributed by atoms with Gasteiger partial charge in [0.2, 0.25) is 0 Å². The van der Waals surface area contributed by atoms with Crippen LogP contribution in [0.4, 0.5) is 0 Å². The standard InChI is InChI=1S/C30H26N2O2.Mn.2Y/c1-21-13-15-27(33)25(17-21)19-31-29(23-9-5-3-6-10-23)30(24-11-7-4-8-12-24)32-20-26-18-22(2)14-16-28(26)34;;;/h3-14,17-20,29-30,33-34H,1-2H3;;;/q-2;;;. The van der Waals surface area contributed by atoms with Crippen molar-refractivity contribution in [3.05, 3.63) is 130 Å². The molecule has 0 bridgehead atoms. The molecule has 0 heterocycles. The molecule has 2 atom stereocenters. The van der Waals surface area contributed by atoms with E-state index in [4.69, 9.17) is 9.98 Å². The molecule has 0 aliphatic heterocycles. The van der Waals surface area contributed by atoms with Gasteiger partial charge in [0.1, 0.15) is 12.1 Å². The number of aromatic hydroxyl groups is 2. The molecule has 2 unspecified atom stereocenters. The Hall–Kier alpha value is -1.45. The molecule has 7 heteroatoms. The molecule has 0 aromatic heterocycles. The van der Waals surface area contributed by atoms with Crippen LogP contribution in [0.2, 0.25) is 0 Å². The van der Waals surface area contributed by atoms with Gasteiger partial charge in [-0.25, -0.2) is 0 Å². The first kappa shape index (κ1) is 33.6. The molecule has 183 valence electrons. The van der Waals surface area contributed by atoms with Gasteiger partial charge in [0, 0.05) is 94.0 Å². The summed E-state index contributed by atoms with van der Waals surface area (Å²) in [5.74, 6) is 0.113. The normalized spacial score (nSPS) is 12.3. The third-order valence-corrected chi connectivity index (χ3v) is 5.52. The predicted molar refractivity (Wildman–Crippen MR) is 137 cm³/mol. The summed E-state index contributed by atoms with van der Waals surface area (Å²) in [5.41, 5.74) is 5.14. The summed E-state index contributed by atoms with van der Waals surface area (Å²) in [6.45, 7) is 3.90. The molecule has 0 aliphatic carbocycles. The van der Waals surface area contributed by atoms with Gasteiger partial charge >= 0.3 is 0 Å². The predicted octanol–water partition coefficient (Wildman–Crippen LogP) is 6.33. The van der Waals surface area contributed by atoms with Crippen molar-refractivity contribution < 1.29 is 92.7 Å². The Morgan fingerprint density at radius 1 is 0.649 bits per heavy atom. The number of nitrogens with zero attached hydrogens (tertiary/aromatic N) is 2. The van der Waals surface area contributed by atoms with Crippen molar-refractivity contribution in [3.63, 3.8) is 0 Å². The van der Waals surface area contributed by atoms with Crippen molar-refractivity contribution >= 4 is 12.4 Å². The molecular formula is C30H26MnN2O2Y2-2. The van der Waals surface area contributed by atoms with E-state index < -0.39 is 0 Å². The van der Waals surface area contributed by atoms with Gasteiger partial charge in [-0.1, -0.05) is 85.6 Å². The number of rotatable bonds is 7. The number of hydrogen-bond donors (Lipinski definition) is 2. The fourth-order valence-electron chi connectivity index (χ4n) is 3.76. The Balaban J connectivity index is 0.00000228. The first-order chi connectivity index (χ1) is 16.5. The average molecular weight is 679 g/mol. The number of phenols is 2. The molecule has 4 rings (SSSR count). The van der Waals surface area contributed by atoms with E-state index in [0.29, 0.717) is 11.1 Å². The van der Waals surface area contributed by atoms with E-state index in [-0.39, 0.29) is 106 Å². The smallest absolute Gasteiger partial charge is 0.100 e. The first-order valence-corrected chi connectivity index (χ1v) is 11.1. The van der Waals surface area contributed by atoms with Gasteiger partial charge in [0.25, 0.3) is 0 Å². The number of benzene rings is 4. The molecule has 0 aliphatic rings. The van der Waals surface area contributed by atoms with E-state index in [1.165, 1.54) is 0 Å². The third kappa shape index (κ3) is 9.35. The van der Waals surface area contributed by atoms with Crippen LogP contribution in [0.15, 0.2) is 94.9 Å². The zero-order chi connectivity index (χ0) is 23.9. The van der Waals surface area contributed by atoms with Crippen molar-refractivity contribution in [2.45, 2.75) is 25.9 Å². The summed E-state index contributed by atoms with van der Waals surface area (Å²) < 4.78 is 0. The summed E-state index contributed by atoms with van der Waals surface area (Å²) in [4.78, 5) is 9.81. The zero-order valence-electron chi connectivity index (χ0n) is 20.7. The van der Waals surface area contributed by atoms with Gasteiger partial charge in [-0.05, 0) is 23.6 Å². The second-order valence-corrected chi connectivity index (χ2v) is 8.23. The van der Waals surface area contributed by atoms with Crippen LogP contribution in [-0.4, -0.2) is 22.6 Å². The maximum absolute atomic E-state index is 10.3. The number of phenolic OH excluding ortho intramolecular Hbond substituents is 2. The zero-order valence-corrected chi connectivity index (χ0v) is 27.6. The van der Waals surface area contributed by atoms with Crippen molar-refractivity contribution in [1.29, 1.82) is 0 Å².